The quantitative estimate of drug-likeness (QED) is 0.674. The van der Waals surface area contributed by atoms with Crippen molar-refractivity contribution in [3.8, 4) is 0 Å². The molecule has 4 nitrogen and oxygen atoms in total. The molecule has 31 heavy (non-hydrogen) atoms. The highest BCUT2D eigenvalue weighted by Crippen LogP contribution is 2.32. The maximum atomic E-state index is 13.1. The smallest absolute Gasteiger partial charge is 0.369 e. The second-order valence-corrected chi connectivity index (χ2v) is 8.13. The number of carbonyl (C=O) groups is 1. The van der Waals surface area contributed by atoms with Gasteiger partial charge in [0.1, 0.15) is 5.82 Å². The average molecular weight is 435 g/mol. The van der Waals surface area contributed by atoms with Crippen LogP contribution in [-0.4, -0.2) is 61.0 Å². The number of benzene rings is 2. The van der Waals surface area contributed by atoms with Crippen LogP contribution in [0.5, 0.6) is 0 Å². The van der Waals surface area contributed by atoms with Crippen molar-refractivity contribution in [3.05, 3.63) is 65.5 Å². The Kier molecular flexibility index (Phi) is 6.18. The molecular weight excluding hydrogens is 410 g/mol. The van der Waals surface area contributed by atoms with E-state index in [2.05, 4.69) is 4.90 Å². The molecule has 8 heteroatoms. The van der Waals surface area contributed by atoms with E-state index in [0.29, 0.717) is 37.4 Å². The summed E-state index contributed by atoms with van der Waals surface area (Å²) in [4.78, 5) is 18.9. The van der Waals surface area contributed by atoms with Crippen molar-refractivity contribution in [2.45, 2.75) is 25.1 Å². The molecule has 1 amide bonds. The summed E-state index contributed by atoms with van der Waals surface area (Å²) in [6, 6.07) is 11.3. The normalized spacial score (nSPS) is 20.7. The summed E-state index contributed by atoms with van der Waals surface area (Å²) in [5.74, 6) is -0.459. The van der Waals surface area contributed by atoms with E-state index < -0.39 is 11.7 Å². The van der Waals surface area contributed by atoms with Gasteiger partial charge >= 0.3 is 6.18 Å². The maximum Gasteiger partial charge on any atom is 0.416 e. The Balaban J connectivity index is 1.35. The molecule has 2 aromatic carbocycles. The van der Waals surface area contributed by atoms with Gasteiger partial charge in [0.25, 0.3) is 5.91 Å². The Morgan fingerprint density at radius 2 is 1.65 bits per heavy atom. The Bertz CT molecular complexity index is 908. The van der Waals surface area contributed by atoms with Crippen molar-refractivity contribution in [3.63, 3.8) is 0 Å². The van der Waals surface area contributed by atoms with Gasteiger partial charge in [0, 0.05) is 56.6 Å². The van der Waals surface area contributed by atoms with Crippen LogP contribution in [0.15, 0.2) is 48.5 Å². The number of anilines is 1. The van der Waals surface area contributed by atoms with Crippen LogP contribution in [0, 0.1) is 5.82 Å². The van der Waals surface area contributed by atoms with Gasteiger partial charge in [0.15, 0.2) is 0 Å². The summed E-state index contributed by atoms with van der Waals surface area (Å²) in [7, 11) is 0. The minimum absolute atomic E-state index is 0.0905. The number of carbonyl (C=O) groups excluding carboxylic acids is 1. The minimum atomic E-state index is -4.35. The van der Waals surface area contributed by atoms with E-state index in [4.69, 9.17) is 0 Å². The number of likely N-dealkylation sites (tertiary alicyclic amines) is 1. The first-order valence-corrected chi connectivity index (χ1v) is 10.5. The highest BCUT2D eigenvalue weighted by molar-refractivity contribution is 5.94. The number of hydrogen-bond donors (Lipinski definition) is 0. The van der Waals surface area contributed by atoms with Crippen molar-refractivity contribution < 1.29 is 22.4 Å². The summed E-state index contributed by atoms with van der Waals surface area (Å²) in [5.41, 5.74) is 0.442. The lowest BCUT2D eigenvalue weighted by molar-refractivity contribution is -0.137. The first-order valence-electron chi connectivity index (χ1n) is 10.5. The fourth-order valence-electron chi connectivity index (χ4n) is 4.44. The van der Waals surface area contributed by atoms with E-state index in [9.17, 15) is 22.4 Å². The van der Waals surface area contributed by atoms with Gasteiger partial charge in [-0.05, 0) is 55.3 Å². The maximum absolute atomic E-state index is 13.1. The molecule has 2 aliphatic rings. The fraction of sp³-hybridized carbons (Fsp3) is 0.435. The highest BCUT2D eigenvalue weighted by Gasteiger charge is 2.32. The van der Waals surface area contributed by atoms with Crippen LogP contribution < -0.4 is 4.90 Å². The molecule has 0 radical (unpaired) electrons. The van der Waals surface area contributed by atoms with E-state index in [1.54, 1.807) is 6.07 Å². The molecule has 2 heterocycles. The number of piperazine rings is 1. The van der Waals surface area contributed by atoms with Crippen molar-refractivity contribution >= 4 is 11.6 Å². The third kappa shape index (κ3) is 5.01. The van der Waals surface area contributed by atoms with E-state index in [-0.39, 0.29) is 17.8 Å². The molecule has 1 unspecified atom stereocenters. The van der Waals surface area contributed by atoms with Gasteiger partial charge in [0.2, 0.25) is 0 Å². The summed E-state index contributed by atoms with van der Waals surface area (Å²) in [6.07, 6.45) is -2.47. The van der Waals surface area contributed by atoms with Crippen molar-refractivity contribution in [1.82, 2.24) is 9.80 Å². The van der Waals surface area contributed by atoms with Gasteiger partial charge in [-0.1, -0.05) is 6.07 Å². The molecule has 1 atom stereocenters. The average Bonchev–Trinajstić information content (AvgIpc) is 2.79. The van der Waals surface area contributed by atoms with Gasteiger partial charge in [-0.3, -0.25) is 9.69 Å². The Hall–Kier alpha value is -2.61. The second-order valence-electron chi connectivity index (χ2n) is 8.13. The molecular formula is C23H25F4N3O. The lowest BCUT2D eigenvalue weighted by Crippen LogP contribution is -2.55. The molecule has 2 fully saturated rings. The number of alkyl halides is 3. The number of halogens is 4. The molecule has 0 spiro atoms. The SMILES string of the molecule is O=C(c1ccc(F)cc1)N1CCCC(N2CCN(c3cccc(C(F)(F)F)c3)CC2)C1. The van der Waals surface area contributed by atoms with Crippen LogP contribution >= 0.6 is 0 Å². The van der Waals surface area contributed by atoms with E-state index in [1.165, 1.54) is 36.4 Å². The van der Waals surface area contributed by atoms with E-state index in [1.807, 2.05) is 9.80 Å². The Morgan fingerprint density at radius 1 is 0.935 bits per heavy atom. The first-order chi connectivity index (χ1) is 14.8. The van der Waals surface area contributed by atoms with Gasteiger partial charge in [-0.25, -0.2) is 4.39 Å². The molecule has 4 rings (SSSR count). The fourth-order valence-corrected chi connectivity index (χ4v) is 4.44. The van der Waals surface area contributed by atoms with Gasteiger partial charge in [-0.2, -0.15) is 13.2 Å². The third-order valence-electron chi connectivity index (χ3n) is 6.14. The molecule has 2 aromatic rings. The molecule has 0 aliphatic carbocycles. The minimum Gasteiger partial charge on any atom is -0.369 e. The Morgan fingerprint density at radius 3 is 2.32 bits per heavy atom. The number of hydrogen-bond acceptors (Lipinski definition) is 3. The summed E-state index contributed by atoms with van der Waals surface area (Å²) >= 11 is 0. The van der Waals surface area contributed by atoms with Crippen molar-refractivity contribution in [2.24, 2.45) is 0 Å². The number of nitrogens with zero attached hydrogens (tertiary/aromatic N) is 3. The molecule has 0 aromatic heterocycles. The molecule has 0 N–H and O–H groups in total. The lowest BCUT2D eigenvalue weighted by atomic mass is 10.0. The second kappa shape index (κ2) is 8.86. The van der Waals surface area contributed by atoms with Crippen LogP contribution in [0.2, 0.25) is 0 Å². The monoisotopic (exact) mass is 435 g/mol. The standard InChI is InChI=1S/C23H25F4N3O/c24-19-8-6-17(7-9-19)22(31)30-10-2-5-21(16-30)29-13-11-28(12-14-29)20-4-1-3-18(15-20)23(25,26)27/h1,3-4,6-9,15,21H,2,5,10-14,16H2. The molecule has 0 saturated carbocycles. The first kappa shape index (κ1) is 21.6. The van der Waals surface area contributed by atoms with Gasteiger partial charge < -0.3 is 9.80 Å². The predicted octanol–water partition coefficient (Wildman–Crippen LogP) is 4.27. The molecule has 0 bridgehead atoms. The van der Waals surface area contributed by atoms with Gasteiger partial charge in [-0.15, -0.1) is 0 Å². The predicted molar refractivity (Wildman–Crippen MR) is 111 cm³/mol. The zero-order valence-electron chi connectivity index (χ0n) is 17.1. The number of amides is 1. The Labute approximate surface area is 179 Å². The molecule has 2 aliphatic heterocycles. The third-order valence-corrected chi connectivity index (χ3v) is 6.14. The summed E-state index contributed by atoms with van der Waals surface area (Å²) in [6.45, 7) is 4.04. The van der Waals surface area contributed by atoms with Crippen LogP contribution in [0.1, 0.15) is 28.8 Å². The van der Waals surface area contributed by atoms with Crippen molar-refractivity contribution in [1.29, 1.82) is 0 Å². The topological polar surface area (TPSA) is 26.8 Å². The number of piperidine rings is 1. The summed E-state index contributed by atoms with van der Waals surface area (Å²) < 4.78 is 52.2. The van der Waals surface area contributed by atoms with Crippen molar-refractivity contribution in [2.75, 3.05) is 44.2 Å². The van der Waals surface area contributed by atoms with E-state index >= 15 is 0 Å². The zero-order chi connectivity index (χ0) is 22.0. The highest BCUT2D eigenvalue weighted by atomic mass is 19.4. The van der Waals surface area contributed by atoms with Crippen LogP contribution in [-0.2, 0) is 6.18 Å². The zero-order valence-corrected chi connectivity index (χ0v) is 17.1. The van der Waals surface area contributed by atoms with E-state index in [0.717, 1.165) is 32.0 Å². The summed E-state index contributed by atoms with van der Waals surface area (Å²) in [5, 5.41) is 0. The van der Waals surface area contributed by atoms with Crippen LogP contribution in [0.4, 0.5) is 23.2 Å². The van der Waals surface area contributed by atoms with Crippen LogP contribution in [0.25, 0.3) is 0 Å². The largest absolute Gasteiger partial charge is 0.416 e. The lowest BCUT2D eigenvalue weighted by Gasteiger charge is -2.44. The molecule has 2 saturated heterocycles. The van der Waals surface area contributed by atoms with Gasteiger partial charge in [0.05, 0.1) is 5.56 Å². The van der Waals surface area contributed by atoms with Crippen LogP contribution in [0.3, 0.4) is 0 Å². The molecule has 166 valence electrons. The number of rotatable bonds is 3.